The van der Waals surface area contributed by atoms with Gasteiger partial charge in [-0.1, -0.05) is 6.07 Å². The van der Waals surface area contributed by atoms with Gasteiger partial charge in [0.2, 0.25) is 0 Å². The molecule has 0 aliphatic carbocycles. The van der Waals surface area contributed by atoms with E-state index in [0.29, 0.717) is 24.4 Å². The molecule has 0 saturated carbocycles. The van der Waals surface area contributed by atoms with Crippen molar-refractivity contribution < 1.29 is 28.8 Å². The number of hydrogen-bond donors (Lipinski definition) is 2. The fraction of sp³-hybridized carbons (Fsp3) is 0.526. The van der Waals surface area contributed by atoms with Crippen molar-refractivity contribution in [3.63, 3.8) is 0 Å². The Labute approximate surface area is 153 Å². The first kappa shape index (κ1) is 19.9. The lowest BCUT2D eigenvalue weighted by atomic mass is 9.98. The van der Waals surface area contributed by atoms with Crippen LogP contribution in [0.4, 0.5) is 5.69 Å². The highest BCUT2D eigenvalue weighted by Gasteiger charge is 2.30. The molecule has 1 aliphatic rings. The lowest BCUT2D eigenvalue weighted by Crippen LogP contribution is -3.14. The van der Waals surface area contributed by atoms with Crippen molar-refractivity contribution >= 4 is 23.5 Å². The highest BCUT2D eigenvalue weighted by atomic mass is 16.5. The average Bonchev–Trinajstić information content (AvgIpc) is 2.63. The van der Waals surface area contributed by atoms with Crippen LogP contribution in [0.5, 0.6) is 0 Å². The molecule has 0 bridgehead atoms. The van der Waals surface area contributed by atoms with Crippen LogP contribution < -0.4 is 10.2 Å². The Morgan fingerprint density at radius 1 is 1.31 bits per heavy atom. The first-order valence-electron chi connectivity index (χ1n) is 8.93. The van der Waals surface area contributed by atoms with Gasteiger partial charge in [0.05, 0.1) is 32.4 Å². The maximum absolute atomic E-state index is 12.4. The number of hydrogen-bond acceptors (Lipinski definition) is 5. The van der Waals surface area contributed by atoms with Gasteiger partial charge in [-0.15, -0.1) is 0 Å². The number of carbonyl (C=O) groups excluding carboxylic acids is 3. The summed E-state index contributed by atoms with van der Waals surface area (Å²) in [6, 6.07) is 5.05. The van der Waals surface area contributed by atoms with Gasteiger partial charge < -0.3 is 19.7 Å². The second-order valence-corrected chi connectivity index (χ2v) is 6.54. The minimum absolute atomic E-state index is 0.143. The largest absolute Gasteiger partial charge is 0.466 e. The summed E-state index contributed by atoms with van der Waals surface area (Å²) in [5, 5.41) is 2.86. The number of rotatable bonds is 6. The highest BCUT2D eigenvalue weighted by molar-refractivity contribution is 5.95. The summed E-state index contributed by atoms with van der Waals surface area (Å²) < 4.78 is 9.81. The van der Waals surface area contributed by atoms with Gasteiger partial charge >= 0.3 is 11.9 Å². The maximum atomic E-state index is 12.4. The molecule has 142 valence electrons. The molecule has 1 heterocycles. The first-order chi connectivity index (χ1) is 12.4. The van der Waals surface area contributed by atoms with Crippen LogP contribution in [0.15, 0.2) is 18.2 Å². The molecule has 0 radical (unpaired) electrons. The number of carbonyl (C=O) groups is 3. The van der Waals surface area contributed by atoms with Crippen LogP contribution in [0.1, 0.15) is 35.7 Å². The van der Waals surface area contributed by atoms with Crippen LogP contribution in [-0.2, 0) is 19.1 Å². The van der Waals surface area contributed by atoms with E-state index in [-0.39, 0.29) is 24.3 Å². The summed E-state index contributed by atoms with van der Waals surface area (Å²) >= 11 is 0. The molecule has 2 rings (SSSR count). The summed E-state index contributed by atoms with van der Waals surface area (Å²) in [6.45, 7) is 5.77. The number of piperidine rings is 1. The SMILES string of the molecule is CCOC(=O)[C@H]1CCC[NH+](CC(=O)Nc2cc(C(=O)OC)ccc2C)C1. The van der Waals surface area contributed by atoms with Crippen molar-refractivity contribution in [3.8, 4) is 0 Å². The van der Waals surface area contributed by atoms with Gasteiger partial charge in [-0.3, -0.25) is 9.59 Å². The van der Waals surface area contributed by atoms with Crippen LogP contribution in [-0.4, -0.2) is 51.2 Å². The molecule has 2 atom stereocenters. The highest BCUT2D eigenvalue weighted by Crippen LogP contribution is 2.17. The minimum atomic E-state index is -0.445. The molecule has 2 N–H and O–H groups in total. The van der Waals surface area contributed by atoms with Gasteiger partial charge in [0.25, 0.3) is 5.91 Å². The molecule has 7 heteroatoms. The van der Waals surface area contributed by atoms with Gasteiger partial charge in [-0.25, -0.2) is 4.79 Å². The Kier molecular flexibility index (Phi) is 7.15. The molecule has 0 spiro atoms. The molecular weight excluding hydrogens is 336 g/mol. The Hall–Kier alpha value is -2.41. The van der Waals surface area contributed by atoms with Crippen LogP contribution >= 0.6 is 0 Å². The Balaban J connectivity index is 1.96. The van der Waals surface area contributed by atoms with Crippen LogP contribution in [0.25, 0.3) is 0 Å². The number of ether oxygens (including phenoxy) is 2. The van der Waals surface area contributed by atoms with Gasteiger partial charge in [0, 0.05) is 5.69 Å². The smallest absolute Gasteiger partial charge is 0.337 e. The quantitative estimate of drug-likeness (QED) is 0.722. The molecule has 1 aliphatic heterocycles. The number of amides is 1. The van der Waals surface area contributed by atoms with Crippen LogP contribution in [0.3, 0.4) is 0 Å². The monoisotopic (exact) mass is 363 g/mol. The van der Waals surface area contributed by atoms with Crippen molar-refractivity contribution in [2.45, 2.75) is 26.7 Å². The van der Waals surface area contributed by atoms with Gasteiger partial charge in [0.15, 0.2) is 6.54 Å². The number of aryl methyl sites for hydroxylation is 1. The molecule has 1 amide bonds. The van der Waals surface area contributed by atoms with E-state index in [9.17, 15) is 14.4 Å². The van der Waals surface area contributed by atoms with E-state index in [0.717, 1.165) is 29.8 Å². The predicted octanol–water partition coefficient (Wildman–Crippen LogP) is 0.578. The number of quaternary nitrogens is 1. The lowest BCUT2D eigenvalue weighted by Gasteiger charge is -2.28. The topological polar surface area (TPSA) is 86.1 Å². The third-order valence-electron chi connectivity index (χ3n) is 4.58. The van der Waals surface area contributed by atoms with E-state index in [1.807, 2.05) is 6.92 Å². The summed E-state index contributed by atoms with van der Waals surface area (Å²) in [6.07, 6.45) is 1.70. The Morgan fingerprint density at radius 2 is 2.08 bits per heavy atom. The zero-order chi connectivity index (χ0) is 19.1. The predicted molar refractivity (Wildman–Crippen MR) is 96.1 cm³/mol. The number of esters is 2. The summed E-state index contributed by atoms with van der Waals surface area (Å²) in [5.74, 6) is -0.906. The lowest BCUT2D eigenvalue weighted by molar-refractivity contribution is -0.899. The Morgan fingerprint density at radius 3 is 2.77 bits per heavy atom. The molecule has 0 aromatic heterocycles. The summed E-state index contributed by atoms with van der Waals surface area (Å²) in [5.41, 5.74) is 1.85. The first-order valence-corrected chi connectivity index (χ1v) is 8.93. The Bertz CT molecular complexity index is 674. The van der Waals surface area contributed by atoms with E-state index in [1.165, 1.54) is 7.11 Å². The number of anilines is 1. The molecule has 1 unspecified atom stereocenters. The van der Waals surface area contributed by atoms with Gasteiger partial charge in [0.1, 0.15) is 5.92 Å². The van der Waals surface area contributed by atoms with Gasteiger partial charge in [-0.05, 0) is 44.4 Å². The molecular formula is C19H27N2O5+. The molecule has 1 aromatic carbocycles. The molecule has 26 heavy (non-hydrogen) atoms. The summed E-state index contributed by atoms with van der Waals surface area (Å²) in [7, 11) is 1.32. The van der Waals surface area contributed by atoms with Crippen molar-refractivity contribution in [2.75, 3.05) is 38.7 Å². The third kappa shape index (κ3) is 5.29. The van der Waals surface area contributed by atoms with Crippen molar-refractivity contribution in [1.82, 2.24) is 0 Å². The van der Waals surface area contributed by atoms with Crippen LogP contribution in [0, 0.1) is 12.8 Å². The van der Waals surface area contributed by atoms with E-state index < -0.39 is 5.97 Å². The second-order valence-electron chi connectivity index (χ2n) is 6.54. The minimum Gasteiger partial charge on any atom is -0.466 e. The van der Waals surface area contributed by atoms with Gasteiger partial charge in [-0.2, -0.15) is 0 Å². The van der Waals surface area contributed by atoms with Crippen molar-refractivity contribution in [2.24, 2.45) is 5.92 Å². The molecule has 1 aromatic rings. The standard InChI is InChI=1S/C19H26N2O5/c1-4-26-19(24)15-6-5-9-21(11-15)12-17(22)20-16-10-14(18(23)25-3)8-7-13(16)2/h7-8,10,15H,4-6,9,11-12H2,1-3H3,(H,20,22)/p+1/t15-/m0/s1. The molecule has 1 saturated heterocycles. The average molecular weight is 363 g/mol. The maximum Gasteiger partial charge on any atom is 0.337 e. The number of benzene rings is 1. The van der Waals surface area contributed by atoms with E-state index >= 15 is 0 Å². The number of nitrogens with one attached hydrogen (secondary N) is 2. The van der Waals surface area contributed by atoms with E-state index in [2.05, 4.69) is 5.32 Å². The number of methoxy groups -OCH3 is 1. The third-order valence-corrected chi connectivity index (χ3v) is 4.58. The normalized spacial score (nSPS) is 19.5. The van der Waals surface area contributed by atoms with E-state index in [4.69, 9.17) is 9.47 Å². The summed E-state index contributed by atoms with van der Waals surface area (Å²) in [4.78, 5) is 37.1. The van der Waals surface area contributed by atoms with Crippen LogP contribution in [0.2, 0.25) is 0 Å². The fourth-order valence-electron chi connectivity index (χ4n) is 3.20. The van der Waals surface area contributed by atoms with E-state index in [1.54, 1.807) is 25.1 Å². The van der Waals surface area contributed by atoms with Crippen molar-refractivity contribution in [3.05, 3.63) is 29.3 Å². The molecule has 7 nitrogen and oxygen atoms in total. The second kappa shape index (κ2) is 9.33. The molecule has 1 fully saturated rings. The number of likely N-dealkylation sites (tertiary alicyclic amines) is 1. The zero-order valence-electron chi connectivity index (χ0n) is 15.6. The fourth-order valence-corrected chi connectivity index (χ4v) is 3.20. The van der Waals surface area contributed by atoms with Crippen molar-refractivity contribution in [1.29, 1.82) is 0 Å². The zero-order valence-corrected chi connectivity index (χ0v) is 15.6.